The number of hydrogen-bond acceptors (Lipinski definition) is 3. The van der Waals surface area contributed by atoms with Crippen LogP contribution >= 0.6 is 11.6 Å². The number of anilines is 1. The molecule has 3 N–H and O–H groups in total. The second-order valence-electron chi connectivity index (χ2n) is 4.72. The average Bonchev–Trinajstić information content (AvgIpc) is 2.20. The third-order valence-electron chi connectivity index (χ3n) is 3.45. The number of nitrogens with zero attached hydrogens (tertiary/aromatic N) is 1. The van der Waals surface area contributed by atoms with E-state index >= 15 is 0 Å². The number of pyridine rings is 1. The summed E-state index contributed by atoms with van der Waals surface area (Å²) in [5.41, 5.74) is 7.03. The Kier molecular flexibility index (Phi) is 2.61. The van der Waals surface area contributed by atoms with Crippen LogP contribution in [0, 0.1) is 5.41 Å². The van der Waals surface area contributed by atoms with Crippen LogP contribution in [0.25, 0.3) is 0 Å². The van der Waals surface area contributed by atoms with Crippen molar-refractivity contribution in [3.05, 3.63) is 23.5 Å². The zero-order chi connectivity index (χ0) is 11.1. The minimum absolute atomic E-state index is 0.132. The van der Waals surface area contributed by atoms with Crippen LogP contribution < -0.4 is 11.1 Å². The highest BCUT2D eigenvalue weighted by atomic mass is 35.5. The standard InChI is InChI=1S/C11H16ClN3/c1-11(2)9(13)5-10(11)15-8-3-4-14-6-7(8)12/h3-4,6,9-10H,5,13H2,1-2H3,(H,14,15). The first-order valence-electron chi connectivity index (χ1n) is 5.13. The first-order valence-corrected chi connectivity index (χ1v) is 5.51. The first kappa shape index (κ1) is 10.7. The molecule has 1 aliphatic rings. The van der Waals surface area contributed by atoms with Crippen molar-refractivity contribution >= 4 is 17.3 Å². The molecule has 15 heavy (non-hydrogen) atoms. The molecule has 2 unspecified atom stereocenters. The number of hydrogen-bond donors (Lipinski definition) is 2. The van der Waals surface area contributed by atoms with E-state index in [0.717, 1.165) is 12.1 Å². The molecule has 0 aliphatic heterocycles. The van der Waals surface area contributed by atoms with Crippen molar-refractivity contribution in [1.29, 1.82) is 0 Å². The highest BCUT2D eigenvalue weighted by Gasteiger charge is 2.46. The summed E-state index contributed by atoms with van der Waals surface area (Å²) < 4.78 is 0. The highest BCUT2D eigenvalue weighted by molar-refractivity contribution is 6.33. The van der Waals surface area contributed by atoms with E-state index in [-0.39, 0.29) is 11.5 Å². The van der Waals surface area contributed by atoms with Gasteiger partial charge in [0.15, 0.2) is 0 Å². The molecule has 3 nitrogen and oxygen atoms in total. The number of nitrogens with two attached hydrogens (primary N) is 1. The first-order chi connectivity index (χ1) is 7.01. The molecule has 0 amide bonds. The summed E-state index contributed by atoms with van der Waals surface area (Å²) in [4.78, 5) is 3.95. The predicted octanol–water partition coefficient (Wildman–Crippen LogP) is 2.27. The van der Waals surface area contributed by atoms with Crippen LogP contribution in [0.3, 0.4) is 0 Å². The van der Waals surface area contributed by atoms with Gasteiger partial charge in [-0.25, -0.2) is 0 Å². The second-order valence-corrected chi connectivity index (χ2v) is 5.12. The van der Waals surface area contributed by atoms with Gasteiger partial charge in [-0.1, -0.05) is 25.4 Å². The van der Waals surface area contributed by atoms with Gasteiger partial charge in [-0.3, -0.25) is 4.98 Å². The second kappa shape index (κ2) is 3.65. The maximum absolute atomic E-state index is 6.02. The molecule has 0 bridgehead atoms. The van der Waals surface area contributed by atoms with E-state index in [1.165, 1.54) is 0 Å². The fourth-order valence-electron chi connectivity index (χ4n) is 1.88. The summed E-state index contributed by atoms with van der Waals surface area (Å²) in [5, 5.41) is 4.08. The van der Waals surface area contributed by atoms with Gasteiger partial charge < -0.3 is 11.1 Å². The van der Waals surface area contributed by atoms with Crippen LogP contribution in [0.4, 0.5) is 5.69 Å². The van der Waals surface area contributed by atoms with Crippen LogP contribution in [0.5, 0.6) is 0 Å². The molecule has 4 heteroatoms. The zero-order valence-electron chi connectivity index (χ0n) is 9.00. The lowest BCUT2D eigenvalue weighted by Gasteiger charge is -2.51. The summed E-state index contributed by atoms with van der Waals surface area (Å²) in [6.07, 6.45) is 4.38. The molecule has 1 aromatic heterocycles. The van der Waals surface area contributed by atoms with E-state index in [2.05, 4.69) is 24.1 Å². The highest BCUT2D eigenvalue weighted by Crippen LogP contribution is 2.41. The summed E-state index contributed by atoms with van der Waals surface area (Å²) >= 11 is 6.02. The molecule has 1 saturated carbocycles. The maximum Gasteiger partial charge on any atom is 0.0820 e. The molecule has 0 saturated heterocycles. The Balaban J connectivity index is 2.08. The molecule has 1 fully saturated rings. The zero-order valence-corrected chi connectivity index (χ0v) is 9.75. The van der Waals surface area contributed by atoms with Crippen molar-refractivity contribution in [3.8, 4) is 0 Å². The molecule has 0 spiro atoms. The van der Waals surface area contributed by atoms with Crippen molar-refractivity contribution in [3.63, 3.8) is 0 Å². The molecule has 0 radical (unpaired) electrons. The van der Waals surface area contributed by atoms with Crippen molar-refractivity contribution in [2.45, 2.75) is 32.4 Å². The molecule has 2 rings (SSSR count). The van der Waals surface area contributed by atoms with Crippen molar-refractivity contribution in [1.82, 2.24) is 4.98 Å². The van der Waals surface area contributed by atoms with Crippen LogP contribution in [-0.2, 0) is 0 Å². The van der Waals surface area contributed by atoms with Crippen LogP contribution in [0.2, 0.25) is 5.02 Å². The Bertz CT molecular complexity index is 365. The minimum atomic E-state index is 0.132. The van der Waals surface area contributed by atoms with E-state index < -0.39 is 0 Å². The molecule has 0 aromatic carbocycles. The lowest BCUT2D eigenvalue weighted by molar-refractivity contribution is 0.117. The summed E-state index contributed by atoms with van der Waals surface area (Å²) in [6.45, 7) is 4.35. The molecular weight excluding hydrogens is 210 g/mol. The van der Waals surface area contributed by atoms with Gasteiger partial charge in [-0.05, 0) is 12.5 Å². The number of halogens is 1. The van der Waals surface area contributed by atoms with E-state index in [1.54, 1.807) is 12.4 Å². The van der Waals surface area contributed by atoms with Crippen LogP contribution in [0.1, 0.15) is 20.3 Å². The Labute approximate surface area is 95.0 Å². The van der Waals surface area contributed by atoms with E-state index in [9.17, 15) is 0 Å². The summed E-state index contributed by atoms with van der Waals surface area (Å²) in [7, 11) is 0. The average molecular weight is 226 g/mol. The predicted molar refractivity (Wildman–Crippen MR) is 63.0 cm³/mol. The van der Waals surface area contributed by atoms with E-state index in [0.29, 0.717) is 11.1 Å². The number of rotatable bonds is 2. The van der Waals surface area contributed by atoms with Gasteiger partial charge in [0.2, 0.25) is 0 Å². The van der Waals surface area contributed by atoms with Crippen molar-refractivity contribution in [2.24, 2.45) is 11.1 Å². The number of nitrogens with one attached hydrogen (secondary N) is 1. The lowest BCUT2D eigenvalue weighted by Crippen LogP contribution is -2.61. The topological polar surface area (TPSA) is 50.9 Å². The van der Waals surface area contributed by atoms with Gasteiger partial charge in [0.1, 0.15) is 0 Å². The van der Waals surface area contributed by atoms with Gasteiger partial charge in [0.05, 0.1) is 10.7 Å². The van der Waals surface area contributed by atoms with Crippen molar-refractivity contribution in [2.75, 3.05) is 5.32 Å². The lowest BCUT2D eigenvalue weighted by atomic mass is 9.63. The Morgan fingerprint density at radius 1 is 1.60 bits per heavy atom. The molecule has 1 heterocycles. The fraction of sp³-hybridized carbons (Fsp3) is 0.545. The molecule has 2 atom stereocenters. The summed E-state index contributed by atoms with van der Waals surface area (Å²) in [6, 6.07) is 2.56. The van der Waals surface area contributed by atoms with Crippen LogP contribution in [0.15, 0.2) is 18.5 Å². The van der Waals surface area contributed by atoms with E-state index in [1.807, 2.05) is 6.07 Å². The minimum Gasteiger partial charge on any atom is -0.380 e. The molecule has 82 valence electrons. The largest absolute Gasteiger partial charge is 0.380 e. The Hall–Kier alpha value is -0.800. The number of aromatic nitrogens is 1. The van der Waals surface area contributed by atoms with Gasteiger partial charge >= 0.3 is 0 Å². The monoisotopic (exact) mass is 225 g/mol. The third-order valence-corrected chi connectivity index (χ3v) is 3.75. The van der Waals surface area contributed by atoms with Crippen molar-refractivity contribution < 1.29 is 0 Å². The summed E-state index contributed by atoms with van der Waals surface area (Å²) in [5.74, 6) is 0. The Morgan fingerprint density at radius 3 is 2.87 bits per heavy atom. The fourth-order valence-corrected chi connectivity index (χ4v) is 2.06. The maximum atomic E-state index is 6.02. The van der Waals surface area contributed by atoms with E-state index in [4.69, 9.17) is 17.3 Å². The van der Waals surface area contributed by atoms with Gasteiger partial charge in [-0.2, -0.15) is 0 Å². The van der Waals surface area contributed by atoms with Crippen LogP contribution in [-0.4, -0.2) is 17.1 Å². The Morgan fingerprint density at radius 2 is 2.33 bits per heavy atom. The molecule has 1 aliphatic carbocycles. The van der Waals surface area contributed by atoms with Gasteiger partial charge in [-0.15, -0.1) is 0 Å². The normalized spacial score (nSPS) is 28.3. The third kappa shape index (κ3) is 1.82. The SMILES string of the molecule is CC1(C)C(N)CC1Nc1ccncc1Cl. The van der Waals surface area contributed by atoms with Gasteiger partial charge in [0, 0.05) is 29.9 Å². The molecule has 1 aromatic rings. The smallest absolute Gasteiger partial charge is 0.0820 e. The van der Waals surface area contributed by atoms with Gasteiger partial charge in [0.25, 0.3) is 0 Å². The quantitative estimate of drug-likeness (QED) is 0.812. The molecular formula is C11H16ClN3.